The minimum Gasteiger partial charge on any atom is -0.490 e. The molecule has 4 rings (SSSR count). The SMILES string of the molecule is CCCCCOc1cnc(CCc2ccc3c(F)c(CCc4cc(F)c(C(F)(F)F)c(F)c4)ccc3c2)nc1. The number of halogens is 6. The first kappa shape index (κ1) is 28.4. The highest BCUT2D eigenvalue weighted by Crippen LogP contribution is 2.34. The van der Waals surface area contributed by atoms with Gasteiger partial charge in [0.2, 0.25) is 0 Å². The van der Waals surface area contributed by atoms with E-state index in [0.717, 1.165) is 24.8 Å². The van der Waals surface area contributed by atoms with E-state index in [1.807, 2.05) is 12.1 Å². The molecule has 3 aromatic carbocycles. The summed E-state index contributed by atoms with van der Waals surface area (Å²) < 4.78 is 86.9. The van der Waals surface area contributed by atoms with Crippen LogP contribution >= 0.6 is 0 Å². The highest BCUT2D eigenvalue weighted by atomic mass is 19.4. The van der Waals surface area contributed by atoms with E-state index in [2.05, 4.69) is 16.9 Å². The first-order chi connectivity index (χ1) is 18.7. The monoisotopic (exact) mass is 546 g/mol. The van der Waals surface area contributed by atoms with Gasteiger partial charge < -0.3 is 4.74 Å². The molecule has 0 bridgehead atoms. The van der Waals surface area contributed by atoms with E-state index in [-0.39, 0.29) is 18.4 Å². The van der Waals surface area contributed by atoms with Gasteiger partial charge in [0, 0.05) is 11.8 Å². The number of nitrogens with zero attached hydrogens (tertiary/aromatic N) is 2. The molecule has 39 heavy (non-hydrogen) atoms. The van der Waals surface area contributed by atoms with Crippen LogP contribution in [-0.4, -0.2) is 16.6 Å². The second-order valence-electron chi connectivity index (χ2n) is 9.42. The first-order valence-electron chi connectivity index (χ1n) is 12.8. The largest absolute Gasteiger partial charge is 0.490 e. The van der Waals surface area contributed by atoms with Crippen molar-refractivity contribution in [1.29, 1.82) is 0 Å². The maximum atomic E-state index is 15.2. The summed E-state index contributed by atoms with van der Waals surface area (Å²) in [6.45, 7) is 2.77. The van der Waals surface area contributed by atoms with Gasteiger partial charge in [-0.3, -0.25) is 0 Å². The molecule has 0 atom stereocenters. The predicted octanol–water partition coefficient (Wildman–Crippen LogP) is 8.21. The minimum atomic E-state index is -5.13. The van der Waals surface area contributed by atoms with E-state index in [4.69, 9.17) is 4.74 Å². The van der Waals surface area contributed by atoms with Crippen LogP contribution in [0.3, 0.4) is 0 Å². The van der Waals surface area contributed by atoms with Crippen molar-refractivity contribution in [3.8, 4) is 5.75 Å². The van der Waals surface area contributed by atoms with Gasteiger partial charge in [0.15, 0.2) is 5.75 Å². The number of unbranched alkanes of at least 4 members (excludes halogenated alkanes) is 2. The summed E-state index contributed by atoms with van der Waals surface area (Å²) in [5.74, 6) is -2.51. The topological polar surface area (TPSA) is 35.0 Å². The van der Waals surface area contributed by atoms with Crippen molar-refractivity contribution in [2.45, 2.75) is 58.0 Å². The molecule has 1 aromatic heterocycles. The predicted molar refractivity (Wildman–Crippen MR) is 137 cm³/mol. The van der Waals surface area contributed by atoms with Crippen molar-refractivity contribution in [2.24, 2.45) is 0 Å². The van der Waals surface area contributed by atoms with Gasteiger partial charge in [0.25, 0.3) is 0 Å². The zero-order valence-electron chi connectivity index (χ0n) is 21.4. The smallest absolute Gasteiger partial charge is 0.422 e. The molecule has 0 aliphatic rings. The summed E-state index contributed by atoms with van der Waals surface area (Å²) in [6.07, 6.45) is 2.73. The van der Waals surface area contributed by atoms with Crippen molar-refractivity contribution >= 4 is 10.8 Å². The molecule has 0 spiro atoms. The van der Waals surface area contributed by atoms with E-state index < -0.39 is 29.2 Å². The fraction of sp³-hybridized carbons (Fsp3) is 0.333. The number of fused-ring (bicyclic) bond motifs is 1. The molecule has 0 aliphatic heterocycles. The van der Waals surface area contributed by atoms with Gasteiger partial charge in [-0.25, -0.2) is 23.1 Å². The molecule has 0 unspecified atom stereocenters. The minimum absolute atomic E-state index is 0.0188. The quantitative estimate of drug-likeness (QED) is 0.141. The Labute approximate surface area is 222 Å². The molecule has 0 radical (unpaired) electrons. The first-order valence-corrected chi connectivity index (χ1v) is 12.8. The van der Waals surface area contributed by atoms with E-state index in [1.54, 1.807) is 30.6 Å². The summed E-state index contributed by atoms with van der Waals surface area (Å²) in [4.78, 5) is 8.71. The molecular weight excluding hydrogens is 518 g/mol. The third-order valence-electron chi connectivity index (χ3n) is 6.50. The highest BCUT2D eigenvalue weighted by Gasteiger charge is 2.37. The third-order valence-corrected chi connectivity index (χ3v) is 6.50. The number of ether oxygens (including phenoxy) is 1. The Morgan fingerprint density at radius 2 is 1.46 bits per heavy atom. The van der Waals surface area contributed by atoms with Crippen LogP contribution in [0.5, 0.6) is 5.75 Å². The van der Waals surface area contributed by atoms with Gasteiger partial charge in [-0.15, -0.1) is 0 Å². The van der Waals surface area contributed by atoms with Gasteiger partial charge in [0.1, 0.15) is 28.8 Å². The fourth-order valence-electron chi connectivity index (χ4n) is 4.40. The molecule has 3 nitrogen and oxygen atoms in total. The van der Waals surface area contributed by atoms with Crippen LogP contribution < -0.4 is 4.74 Å². The molecule has 0 fully saturated rings. The number of benzene rings is 3. The summed E-state index contributed by atoms with van der Waals surface area (Å²) >= 11 is 0. The van der Waals surface area contributed by atoms with Crippen LogP contribution in [0.1, 0.15) is 54.3 Å². The van der Waals surface area contributed by atoms with E-state index >= 15 is 4.39 Å². The molecule has 0 N–H and O–H groups in total. The maximum absolute atomic E-state index is 15.2. The van der Waals surface area contributed by atoms with Crippen molar-refractivity contribution in [3.63, 3.8) is 0 Å². The van der Waals surface area contributed by atoms with Crippen molar-refractivity contribution in [2.75, 3.05) is 6.61 Å². The zero-order chi connectivity index (χ0) is 28.0. The molecule has 0 amide bonds. The van der Waals surface area contributed by atoms with Crippen molar-refractivity contribution < 1.29 is 31.1 Å². The van der Waals surface area contributed by atoms with Crippen molar-refractivity contribution in [1.82, 2.24) is 9.97 Å². The maximum Gasteiger partial charge on any atom is 0.422 e. The number of hydrogen-bond acceptors (Lipinski definition) is 3. The fourth-order valence-corrected chi connectivity index (χ4v) is 4.40. The third kappa shape index (κ3) is 7.28. The second-order valence-corrected chi connectivity index (χ2v) is 9.42. The Balaban J connectivity index is 1.38. The van der Waals surface area contributed by atoms with Crippen LogP contribution in [0.25, 0.3) is 10.8 Å². The number of rotatable bonds is 11. The summed E-state index contributed by atoms with van der Waals surface area (Å²) in [7, 11) is 0. The van der Waals surface area contributed by atoms with E-state index in [1.165, 1.54) is 0 Å². The number of aromatic nitrogens is 2. The Kier molecular flexibility index (Phi) is 9.09. The standard InChI is InChI=1S/C30H28F6N2O/c1-2-3-4-13-39-23-17-37-27(38-18-23)12-7-19-6-11-24-22(14-19)10-9-21(29(24)33)8-5-20-15-25(31)28(26(32)16-20)30(34,35)36/h6,9-11,14-18H,2-5,7-8,12-13H2,1H3. The molecule has 4 aromatic rings. The van der Waals surface area contributed by atoms with Gasteiger partial charge in [0.05, 0.1) is 19.0 Å². The molecule has 0 aliphatic carbocycles. The van der Waals surface area contributed by atoms with Gasteiger partial charge in [-0.05, 0) is 59.9 Å². The number of hydrogen-bond donors (Lipinski definition) is 0. The Morgan fingerprint density at radius 3 is 2.13 bits per heavy atom. The Morgan fingerprint density at radius 1 is 0.769 bits per heavy atom. The van der Waals surface area contributed by atoms with Gasteiger partial charge in [-0.1, -0.05) is 50.1 Å². The molecule has 0 saturated carbocycles. The number of aryl methyl sites for hydroxylation is 4. The summed E-state index contributed by atoms with van der Waals surface area (Å²) in [5.41, 5.74) is -0.615. The van der Waals surface area contributed by atoms with Crippen molar-refractivity contribution in [3.05, 3.63) is 100 Å². The normalized spacial score (nSPS) is 11.8. The van der Waals surface area contributed by atoms with Crippen LogP contribution in [0.4, 0.5) is 26.3 Å². The number of alkyl halides is 3. The molecule has 1 heterocycles. The summed E-state index contributed by atoms with van der Waals surface area (Å²) in [5, 5.41) is 1.08. The lowest BCUT2D eigenvalue weighted by Gasteiger charge is -2.12. The Hall–Kier alpha value is -3.62. The van der Waals surface area contributed by atoms with E-state index in [0.29, 0.717) is 59.5 Å². The average Bonchev–Trinajstić information content (AvgIpc) is 2.89. The molecule has 206 valence electrons. The second kappa shape index (κ2) is 12.5. The molecule has 9 heteroatoms. The average molecular weight is 547 g/mol. The highest BCUT2D eigenvalue weighted by molar-refractivity contribution is 5.84. The lowest BCUT2D eigenvalue weighted by Crippen LogP contribution is -2.12. The molecule has 0 saturated heterocycles. The zero-order valence-corrected chi connectivity index (χ0v) is 21.4. The van der Waals surface area contributed by atoms with Gasteiger partial charge in [-0.2, -0.15) is 13.2 Å². The lowest BCUT2D eigenvalue weighted by molar-refractivity contribution is -0.142. The summed E-state index contributed by atoms with van der Waals surface area (Å²) in [6, 6.07) is 10.0. The van der Waals surface area contributed by atoms with Gasteiger partial charge >= 0.3 is 6.18 Å². The van der Waals surface area contributed by atoms with Crippen LogP contribution in [0.2, 0.25) is 0 Å². The molecular formula is C30H28F6N2O. The van der Waals surface area contributed by atoms with E-state index in [9.17, 15) is 22.0 Å². The van der Waals surface area contributed by atoms with Crippen LogP contribution in [0.15, 0.2) is 54.9 Å². The lowest BCUT2D eigenvalue weighted by atomic mass is 9.97. The Bertz CT molecular complexity index is 1400. The van der Waals surface area contributed by atoms with Crippen LogP contribution in [-0.2, 0) is 31.9 Å². The van der Waals surface area contributed by atoms with Crippen LogP contribution in [0, 0.1) is 17.5 Å².